The highest BCUT2D eigenvalue weighted by molar-refractivity contribution is 9.10. The second kappa shape index (κ2) is 9.09. The summed E-state index contributed by atoms with van der Waals surface area (Å²) in [6.45, 7) is 10.3. The van der Waals surface area contributed by atoms with E-state index in [9.17, 15) is 4.79 Å². The summed E-state index contributed by atoms with van der Waals surface area (Å²) in [4.78, 5) is 17.0. The van der Waals surface area contributed by atoms with E-state index >= 15 is 0 Å². The van der Waals surface area contributed by atoms with Gasteiger partial charge in [-0.2, -0.15) is 0 Å². The molecular weight excluding hydrogens is 448 g/mol. The third-order valence-corrected chi connectivity index (χ3v) is 6.30. The lowest BCUT2D eigenvalue weighted by atomic mass is 10.0. The standard InChI is InChI=1S/C23H25BrN2O2S/c1-13(2)17-10-19(24)16(5)9-21(17)28-11-22(27)26-23-25-20(12-29-23)18-8-14(3)6-7-15(18)4/h6-10,12-13H,11H2,1-5H3,(H,25,26,27). The predicted octanol–water partition coefficient (Wildman–Crippen LogP) is 6.64. The number of ether oxygens (including phenoxy) is 1. The van der Waals surface area contributed by atoms with E-state index in [4.69, 9.17) is 4.74 Å². The number of carbonyl (C=O) groups excluding carboxylic acids is 1. The van der Waals surface area contributed by atoms with E-state index in [0.717, 1.165) is 38.2 Å². The summed E-state index contributed by atoms with van der Waals surface area (Å²) in [5.74, 6) is 0.817. The van der Waals surface area contributed by atoms with Gasteiger partial charge in [-0.05, 0) is 61.6 Å². The van der Waals surface area contributed by atoms with Crippen LogP contribution in [0.3, 0.4) is 0 Å². The van der Waals surface area contributed by atoms with E-state index in [2.05, 4.69) is 78.2 Å². The lowest BCUT2D eigenvalue weighted by molar-refractivity contribution is -0.118. The zero-order valence-electron chi connectivity index (χ0n) is 17.3. The van der Waals surface area contributed by atoms with Crippen molar-refractivity contribution in [2.75, 3.05) is 11.9 Å². The SMILES string of the molecule is Cc1ccc(C)c(-c2csc(NC(=O)COc3cc(C)c(Br)cc3C(C)C)n2)c1. The van der Waals surface area contributed by atoms with Crippen LogP contribution in [0.5, 0.6) is 5.75 Å². The molecule has 29 heavy (non-hydrogen) atoms. The van der Waals surface area contributed by atoms with Crippen LogP contribution in [0, 0.1) is 20.8 Å². The summed E-state index contributed by atoms with van der Waals surface area (Å²) in [5, 5.41) is 5.39. The molecule has 0 saturated heterocycles. The van der Waals surface area contributed by atoms with Gasteiger partial charge in [-0.15, -0.1) is 11.3 Å². The summed E-state index contributed by atoms with van der Waals surface area (Å²) in [5.41, 5.74) is 6.45. The number of amides is 1. The average Bonchev–Trinajstić information content (AvgIpc) is 3.12. The van der Waals surface area contributed by atoms with E-state index in [1.165, 1.54) is 16.9 Å². The molecular formula is C23H25BrN2O2S. The minimum atomic E-state index is -0.220. The van der Waals surface area contributed by atoms with Gasteiger partial charge in [0.05, 0.1) is 5.69 Å². The molecule has 1 N–H and O–H groups in total. The number of halogens is 1. The predicted molar refractivity (Wildman–Crippen MR) is 124 cm³/mol. The van der Waals surface area contributed by atoms with E-state index in [1.54, 1.807) is 0 Å². The second-order valence-corrected chi connectivity index (χ2v) is 9.20. The summed E-state index contributed by atoms with van der Waals surface area (Å²) >= 11 is 4.98. The fourth-order valence-corrected chi connectivity index (χ4v) is 4.10. The number of carbonyl (C=O) groups is 1. The largest absolute Gasteiger partial charge is 0.483 e. The molecule has 0 saturated carbocycles. The number of thiazole rings is 1. The lowest BCUT2D eigenvalue weighted by Gasteiger charge is -2.15. The highest BCUT2D eigenvalue weighted by Crippen LogP contribution is 2.32. The van der Waals surface area contributed by atoms with Crippen LogP contribution in [-0.2, 0) is 4.79 Å². The van der Waals surface area contributed by atoms with Crippen molar-refractivity contribution < 1.29 is 9.53 Å². The first-order chi connectivity index (χ1) is 13.7. The van der Waals surface area contributed by atoms with Gasteiger partial charge in [0.25, 0.3) is 5.91 Å². The van der Waals surface area contributed by atoms with Crippen molar-refractivity contribution in [3.63, 3.8) is 0 Å². The van der Waals surface area contributed by atoms with Gasteiger partial charge in [0.2, 0.25) is 0 Å². The fraction of sp³-hybridized carbons (Fsp3) is 0.304. The zero-order chi connectivity index (χ0) is 21.1. The molecule has 0 aliphatic rings. The fourth-order valence-electron chi connectivity index (χ4n) is 3.01. The molecule has 4 nitrogen and oxygen atoms in total. The van der Waals surface area contributed by atoms with Crippen LogP contribution in [0.2, 0.25) is 0 Å². The smallest absolute Gasteiger partial charge is 0.264 e. The topological polar surface area (TPSA) is 51.2 Å². The van der Waals surface area contributed by atoms with Gasteiger partial charge in [0.1, 0.15) is 5.75 Å². The monoisotopic (exact) mass is 472 g/mol. The maximum atomic E-state index is 12.4. The van der Waals surface area contributed by atoms with E-state index in [-0.39, 0.29) is 12.5 Å². The highest BCUT2D eigenvalue weighted by Gasteiger charge is 2.14. The minimum Gasteiger partial charge on any atom is -0.483 e. The molecule has 3 rings (SSSR count). The highest BCUT2D eigenvalue weighted by atomic mass is 79.9. The maximum Gasteiger partial charge on any atom is 0.264 e. The van der Waals surface area contributed by atoms with Crippen LogP contribution in [0.15, 0.2) is 40.2 Å². The van der Waals surface area contributed by atoms with Gasteiger partial charge in [-0.1, -0.05) is 47.5 Å². The normalized spacial score (nSPS) is 11.0. The molecule has 0 bridgehead atoms. The minimum absolute atomic E-state index is 0.0564. The Labute approximate surface area is 184 Å². The van der Waals surface area contributed by atoms with Gasteiger partial charge in [0, 0.05) is 15.4 Å². The van der Waals surface area contributed by atoms with Gasteiger partial charge in [-0.3, -0.25) is 10.1 Å². The zero-order valence-corrected chi connectivity index (χ0v) is 19.7. The Kier molecular flexibility index (Phi) is 6.75. The van der Waals surface area contributed by atoms with Crippen LogP contribution in [-0.4, -0.2) is 17.5 Å². The molecule has 1 aromatic heterocycles. The van der Waals surface area contributed by atoms with Crippen LogP contribution in [0.4, 0.5) is 5.13 Å². The van der Waals surface area contributed by atoms with Gasteiger partial charge >= 0.3 is 0 Å². The molecule has 2 aromatic carbocycles. The van der Waals surface area contributed by atoms with Crippen LogP contribution < -0.4 is 10.1 Å². The van der Waals surface area contributed by atoms with Crippen molar-refractivity contribution in [1.29, 1.82) is 0 Å². The number of nitrogens with zero attached hydrogens (tertiary/aromatic N) is 1. The van der Waals surface area contributed by atoms with Crippen LogP contribution >= 0.6 is 27.3 Å². The molecule has 152 valence electrons. The number of benzene rings is 2. The molecule has 6 heteroatoms. The van der Waals surface area contributed by atoms with Crippen molar-refractivity contribution in [3.05, 3.63) is 62.4 Å². The van der Waals surface area contributed by atoms with Crippen LogP contribution in [0.1, 0.15) is 42.0 Å². The summed E-state index contributed by atoms with van der Waals surface area (Å²) < 4.78 is 6.88. The average molecular weight is 473 g/mol. The molecule has 0 spiro atoms. The Morgan fingerprint density at radius 2 is 1.93 bits per heavy atom. The molecule has 0 fully saturated rings. The van der Waals surface area contributed by atoms with Crippen molar-refractivity contribution in [2.24, 2.45) is 0 Å². The first-order valence-electron chi connectivity index (χ1n) is 9.50. The summed E-state index contributed by atoms with van der Waals surface area (Å²) in [6.07, 6.45) is 0. The molecule has 3 aromatic rings. The van der Waals surface area contributed by atoms with Crippen molar-refractivity contribution in [2.45, 2.75) is 40.5 Å². The molecule has 0 aliphatic heterocycles. The van der Waals surface area contributed by atoms with Crippen molar-refractivity contribution in [3.8, 4) is 17.0 Å². The van der Waals surface area contributed by atoms with Gasteiger partial charge in [0.15, 0.2) is 11.7 Å². The molecule has 0 radical (unpaired) electrons. The molecule has 0 aliphatic carbocycles. The number of hydrogen-bond donors (Lipinski definition) is 1. The summed E-state index contributed by atoms with van der Waals surface area (Å²) in [6, 6.07) is 10.3. The number of rotatable bonds is 6. The molecule has 0 unspecified atom stereocenters. The first-order valence-corrected chi connectivity index (χ1v) is 11.2. The quantitative estimate of drug-likeness (QED) is 0.437. The van der Waals surface area contributed by atoms with E-state index < -0.39 is 0 Å². The third-order valence-electron chi connectivity index (χ3n) is 4.69. The summed E-state index contributed by atoms with van der Waals surface area (Å²) in [7, 11) is 0. The van der Waals surface area contributed by atoms with E-state index in [0.29, 0.717) is 11.0 Å². The Morgan fingerprint density at radius 1 is 1.17 bits per heavy atom. The van der Waals surface area contributed by atoms with Gasteiger partial charge < -0.3 is 4.74 Å². The lowest BCUT2D eigenvalue weighted by Crippen LogP contribution is -2.20. The number of aromatic nitrogens is 1. The molecule has 1 amide bonds. The maximum absolute atomic E-state index is 12.4. The molecule has 0 atom stereocenters. The Balaban J connectivity index is 1.68. The number of hydrogen-bond acceptors (Lipinski definition) is 4. The van der Waals surface area contributed by atoms with Gasteiger partial charge in [-0.25, -0.2) is 4.98 Å². The third kappa shape index (κ3) is 5.25. The Bertz CT molecular complexity index is 1040. The number of anilines is 1. The van der Waals surface area contributed by atoms with Crippen molar-refractivity contribution in [1.82, 2.24) is 4.98 Å². The Hall–Kier alpha value is -2.18. The first kappa shape index (κ1) is 21.5. The number of aryl methyl sites for hydroxylation is 3. The van der Waals surface area contributed by atoms with E-state index in [1.807, 2.05) is 18.4 Å². The van der Waals surface area contributed by atoms with Crippen molar-refractivity contribution >= 4 is 38.3 Å². The second-order valence-electron chi connectivity index (χ2n) is 7.49. The number of nitrogens with one attached hydrogen (secondary N) is 1. The van der Waals surface area contributed by atoms with Crippen LogP contribution in [0.25, 0.3) is 11.3 Å². The molecule has 1 heterocycles. The Morgan fingerprint density at radius 3 is 2.66 bits per heavy atom.